The number of hydrogen-bond acceptors (Lipinski definition) is 2. The summed E-state index contributed by atoms with van der Waals surface area (Å²) in [5.41, 5.74) is 4.46. The largest absolute Gasteiger partial charge is 0.245 e. The second-order valence-corrected chi connectivity index (χ2v) is 5.20. The SMILES string of the molecule is c1ccc(-c2ccncn2)c(-c2ccc3ccccc3c2)c1. The molecule has 0 N–H and O–H groups in total. The third-order valence-electron chi connectivity index (χ3n) is 3.85. The molecule has 0 aliphatic heterocycles. The highest BCUT2D eigenvalue weighted by atomic mass is 14.8. The van der Waals surface area contributed by atoms with Gasteiger partial charge in [0, 0.05) is 11.8 Å². The van der Waals surface area contributed by atoms with Gasteiger partial charge in [0.2, 0.25) is 0 Å². The minimum atomic E-state index is 0.943. The summed E-state index contributed by atoms with van der Waals surface area (Å²) >= 11 is 0. The highest BCUT2D eigenvalue weighted by Crippen LogP contribution is 2.32. The normalized spacial score (nSPS) is 10.7. The maximum Gasteiger partial charge on any atom is 0.116 e. The minimum absolute atomic E-state index is 0.943. The van der Waals surface area contributed by atoms with Crippen LogP contribution in [0.25, 0.3) is 33.2 Å². The second kappa shape index (κ2) is 5.41. The molecule has 0 aliphatic rings. The van der Waals surface area contributed by atoms with E-state index in [1.807, 2.05) is 12.1 Å². The first kappa shape index (κ1) is 12.7. The summed E-state index contributed by atoms with van der Waals surface area (Å²) in [6.45, 7) is 0. The second-order valence-electron chi connectivity index (χ2n) is 5.20. The van der Waals surface area contributed by atoms with Crippen LogP contribution in [0.3, 0.4) is 0 Å². The predicted molar refractivity (Wildman–Crippen MR) is 90.4 cm³/mol. The summed E-state index contributed by atoms with van der Waals surface area (Å²) in [5.74, 6) is 0. The number of aromatic nitrogens is 2. The standard InChI is InChI=1S/C20H14N2/c1-2-6-16-13-17(10-9-15(16)5-1)18-7-3-4-8-19(18)20-11-12-21-14-22-20/h1-14H. The molecule has 0 amide bonds. The Bertz CT molecular complexity index is 930. The molecule has 0 aliphatic carbocycles. The molecule has 0 fully saturated rings. The van der Waals surface area contributed by atoms with Crippen molar-refractivity contribution in [2.45, 2.75) is 0 Å². The number of hydrogen-bond donors (Lipinski definition) is 0. The van der Waals surface area contributed by atoms with E-state index in [4.69, 9.17) is 0 Å². The van der Waals surface area contributed by atoms with E-state index in [9.17, 15) is 0 Å². The first-order chi connectivity index (χ1) is 10.9. The molecule has 0 radical (unpaired) electrons. The van der Waals surface area contributed by atoms with E-state index < -0.39 is 0 Å². The van der Waals surface area contributed by atoms with Crippen LogP contribution in [0.5, 0.6) is 0 Å². The van der Waals surface area contributed by atoms with E-state index in [2.05, 4.69) is 70.6 Å². The average molecular weight is 282 g/mol. The fourth-order valence-corrected chi connectivity index (χ4v) is 2.77. The monoisotopic (exact) mass is 282 g/mol. The number of nitrogens with zero attached hydrogens (tertiary/aromatic N) is 2. The summed E-state index contributed by atoms with van der Waals surface area (Å²) < 4.78 is 0. The average Bonchev–Trinajstić information content (AvgIpc) is 2.62. The van der Waals surface area contributed by atoms with Gasteiger partial charge in [-0.25, -0.2) is 9.97 Å². The van der Waals surface area contributed by atoms with Crippen molar-refractivity contribution in [2.24, 2.45) is 0 Å². The van der Waals surface area contributed by atoms with Gasteiger partial charge < -0.3 is 0 Å². The molecule has 3 aromatic carbocycles. The Hall–Kier alpha value is -3.00. The summed E-state index contributed by atoms with van der Waals surface area (Å²) in [7, 11) is 0. The molecule has 1 aromatic heterocycles. The van der Waals surface area contributed by atoms with Gasteiger partial charge in [-0.05, 0) is 34.0 Å². The molecule has 22 heavy (non-hydrogen) atoms. The smallest absolute Gasteiger partial charge is 0.116 e. The Morgan fingerprint density at radius 3 is 2.23 bits per heavy atom. The number of benzene rings is 3. The molecule has 0 unspecified atom stereocenters. The van der Waals surface area contributed by atoms with Crippen molar-refractivity contribution in [3.63, 3.8) is 0 Å². The Balaban J connectivity index is 1.92. The van der Waals surface area contributed by atoms with Crippen LogP contribution in [0.2, 0.25) is 0 Å². The van der Waals surface area contributed by atoms with E-state index in [0.29, 0.717) is 0 Å². The van der Waals surface area contributed by atoms with Crippen LogP contribution < -0.4 is 0 Å². The number of fused-ring (bicyclic) bond motifs is 1. The van der Waals surface area contributed by atoms with Crippen molar-refractivity contribution in [3.05, 3.63) is 85.3 Å². The van der Waals surface area contributed by atoms with Crippen LogP contribution in [0.1, 0.15) is 0 Å². The van der Waals surface area contributed by atoms with Crippen LogP contribution in [-0.4, -0.2) is 9.97 Å². The fourth-order valence-electron chi connectivity index (χ4n) is 2.77. The molecular formula is C20H14N2. The summed E-state index contributed by atoms with van der Waals surface area (Å²) in [4.78, 5) is 8.39. The van der Waals surface area contributed by atoms with Gasteiger partial charge in [-0.15, -0.1) is 0 Å². The van der Waals surface area contributed by atoms with Gasteiger partial charge in [-0.3, -0.25) is 0 Å². The third kappa shape index (κ3) is 2.25. The van der Waals surface area contributed by atoms with Gasteiger partial charge in [0.05, 0.1) is 5.69 Å². The van der Waals surface area contributed by atoms with Crippen molar-refractivity contribution >= 4 is 10.8 Å². The Morgan fingerprint density at radius 2 is 1.41 bits per heavy atom. The Labute approximate surface area is 129 Å². The van der Waals surface area contributed by atoms with E-state index in [1.54, 1.807) is 12.5 Å². The van der Waals surface area contributed by atoms with Crippen molar-refractivity contribution in [3.8, 4) is 22.4 Å². The maximum atomic E-state index is 4.39. The first-order valence-electron chi connectivity index (χ1n) is 7.26. The van der Waals surface area contributed by atoms with Crippen molar-refractivity contribution in [1.82, 2.24) is 9.97 Å². The molecule has 0 atom stereocenters. The van der Waals surface area contributed by atoms with E-state index in [-0.39, 0.29) is 0 Å². The molecule has 4 aromatic rings. The van der Waals surface area contributed by atoms with E-state index in [0.717, 1.165) is 11.3 Å². The van der Waals surface area contributed by atoms with Gasteiger partial charge in [0.25, 0.3) is 0 Å². The van der Waals surface area contributed by atoms with Crippen LogP contribution in [0.4, 0.5) is 0 Å². The lowest BCUT2D eigenvalue weighted by molar-refractivity contribution is 1.17. The molecule has 104 valence electrons. The Kier molecular flexibility index (Phi) is 3.13. The summed E-state index contributed by atoms with van der Waals surface area (Å²) in [5, 5.41) is 2.50. The molecule has 2 heteroatoms. The lowest BCUT2D eigenvalue weighted by Crippen LogP contribution is -1.88. The molecule has 2 nitrogen and oxygen atoms in total. The van der Waals surface area contributed by atoms with Crippen LogP contribution in [0.15, 0.2) is 85.3 Å². The zero-order valence-electron chi connectivity index (χ0n) is 12.0. The topological polar surface area (TPSA) is 25.8 Å². The fraction of sp³-hybridized carbons (Fsp3) is 0. The summed E-state index contributed by atoms with van der Waals surface area (Å²) in [6.07, 6.45) is 3.37. The highest BCUT2D eigenvalue weighted by molar-refractivity contribution is 5.90. The minimum Gasteiger partial charge on any atom is -0.245 e. The number of rotatable bonds is 2. The Morgan fingerprint density at radius 1 is 0.636 bits per heavy atom. The maximum absolute atomic E-state index is 4.39. The molecular weight excluding hydrogens is 268 g/mol. The molecule has 0 bridgehead atoms. The highest BCUT2D eigenvalue weighted by Gasteiger charge is 2.08. The molecule has 1 heterocycles. The van der Waals surface area contributed by atoms with E-state index >= 15 is 0 Å². The third-order valence-corrected chi connectivity index (χ3v) is 3.85. The van der Waals surface area contributed by atoms with Gasteiger partial charge in [-0.2, -0.15) is 0 Å². The van der Waals surface area contributed by atoms with Gasteiger partial charge >= 0.3 is 0 Å². The lowest BCUT2D eigenvalue weighted by atomic mass is 9.95. The predicted octanol–water partition coefficient (Wildman–Crippen LogP) is 4.96. The molecule has 0 saturated carbocycles. The lowest BCUT2D eigenvalue weighted by Gasteiger charge is -2.10. The quantitative estimate of drug-likeness (QED) is 0.519. The van der Waals surface area contributed by atoms with Crippen LogP contribution in [-0.2, 0) is 0 Å². The first-order valence-corrected chi connectivity index (χ1v) is 7.26. The van der Waals surface area contributed by atoms with Crippen molar-refractivity contribution in [2.75, 3.05) is 0 Å². The van der Waals surface area contributed by atoms with Crippen LogP contribution in [0, 0.1) is 0 Å². The van der Waals surface area contributed by atoms with E-state index in [1.165, 1.54) is 21.9 Å². The van der Waals surface area contributed by atoms with Crippen molar-refractivity contribution < 1.29 is 0 Å². The zero-order valence-corrected chi connectivity index (χ0v) is 12.0. The van der Waals surface area contributed by atoms with Gasteiger partial charge in [0.1, 0.15) is 6.33 Å². The molecule has 0 spiro atoms. The van der Waals surface area contributed by atoms with Crippen molar-refractivity contribution in [1.29, 1.82) is 0 Å². The molecule has 0 saturated heterocycles. The van der Waals surface area contributed by atoms with Gasteiger partial charge in [-0.1, -0.05) is 60.7 Å². The summed E-state index contributed by atoms with van der Waals surface area (Å²) in [6, 6.07) is 25.3. The molecule has 4 rings (SSSR count). The zero-order chi connectivity index (χ0) is 14.8. The van der Waals surface area contributed by atoms with Gasteiger partial charge in [0.15, 0.2) is 0 Å². The van der Waals surface area contributed by atoms with Crippen LogP contribution >= 0.6 is 0 Å².